The summed E-state index contributed by atoms with van der Waals surface area (Å²) in [6.07, 6.45) is 5.99. The lowest BCUT2D eigenvalue weighted by molar-refractivity contribution is 0.0598. The van der Waals surface area contributed by atoms with Gasteiger partial charge in [-0.1, -0.05) is 25.3 Å². The van der Waals surface area contributed by atoms with E-state index in [2.05, 4.69) is 28.1 Å². The number of nitrogens with one attached hydrogen (secondary N) is 2. The number of urea groups is 1. The number of carbonyl (C=O) groups is 1. The number of aliphatic hydroxyl groups excluding tert-OH is 1. The highest BCUT2D eigenvalue weighted by molar-refractivity contribution is 7.10. The molecule has 5 nitrogen and oxygen atoms in total. The van der Waals surface area contributed by atoms with E-state index in [4.69, 9.17) is 4.74 Å². The summed E-state index contributed by atoms with van der Waals surface area (Å²) < 4.78 is 4.87. The van der Waals surface area contributed by atoms with Crippen molar-refractivity contribution in [2.75, 3.05) is 26.8 Å². The Morgan fingerprint density at radius 1 is 1.39 bits per heavy atom. The number of hydrogen-bond donors (Lipinski definition) is 3. The van der Waals surface area contributed by atoms with Crippen LogP contribution in [0.15, 0.2) is 17.5 Å². The van der Waals surface area contributed by atoms with Crippen LogP contribution in [0.2, 0.25) is 0 Å². The molecule has 1 aromatic heterocycles. The van der Waals surface area contributed by atoms with Crippen LogP contribution in [-0.2, 0) is 10.2 Å². The Hall–Kier alpha value is -1.11. The van der Waals surface area contributed by atoms with Gasteiger partial charge in [0.05, 0.1) is 12.7 Å². The average Bonchev–Trinajstić information content (AvgIpc) is 3.09. The Morgan fingerprint density at radius 2 is 2.17 bits per heavy atom. The van der Waals surface area contributed by atoms with E-state index in [1.54, 1.807) is 18.4 Å². The van der Waals surface area contributed by atoms with E-state index in [0.29, 0.717) is 26.1 Å². The fourth-order valence-electron chi connectivity index (χ4n) is 3.26. The molecule has 1 aliphatic carbocycles. The largest absolute Gasteiger partial charge is 0.391 e. The van der Waals surface area contributed by atoms with Crippen LogP contribution in [0, 0.1) is 0 Å². The van der Waals surface area contributed by atoms with Crippen LogP contribution in [0.5, 0.6) is 0 Å². The highest BCUT2D eigenvalue weighted by Crippen LogP contribution is 2.40. The minimum absolute atomic E-state index is 0.0965. The summed E-state index contributed by atoms with van der Waals surface area (Å²) in [7, 11) is 1.55. The van der Waals surface area contributed by atoms with Crippen molar-refractivity contribution in [1.29, 1.82) is 0 Å². The number of aliphatic hydroxyl groups is 1. The van der Waals surface area contributed by atoms with Crippen molar-refractivity contribution in [3.8, 4) is 0 Å². The second-order valence-electron chi connectivity index (χ2n) is 6.33. The van der Waals surface area contributed by atoms with Gasteiger partial charge in [0.2, 0.25) is 0 Å². The first-order valence-corrected chi connectivity index (χ1v) is 9.27. The number of carbonyl (C=O) groups excluding carboxylic acids is 1. The van der Waals surface area contributed by atoms with E-state index in [0.717, 1.165) is 12.8 Å². The van der Waals surface area contributed by atoms with Crippen LogP contribution >= 0.6 is 11.3 Å². The van der Waals surface area contributed by atoms with E-state index in [-0.39, 0.29) is 11.4 Å². The van der Waals surface area contributed by atoms with Gasteiger partial charge in [-0.3, -0.25) is 0 Å². The third kappa shape index (κ3) is 5.48. The van der Waals surface area contributed by atoms with Gasteiger partial charge in [-0.25, -0.2) is 4.79 Å². The van der Waals surface area contributed by atoms with Crippen molar-refractivity contribution in [3.63, 3.8) is 0 Å². The van der Waals surface area contributed by atoms with Crippen molar-refractivity contribution >= 4 is 17.4 Å². The molecule has 1 heterocycles. The lowest BCUT2D eigenvalue weighted by atomic mass is 9.73. The molecule has 1 atom stereocenters. The van der Waals surface area contributed by atoms with Crippen LogP contribution in [0.4, 0.5) is 4.79 Å². The molecule has 6 heteroatoms. The number of hydrogen-bond acceptors (Lipinski definition) is 4. The predicted molar refractivity (Wildman–Crippen MR) is 93.0 cm³/mol. The maximum Gasteiger partial charge on any atom is 0.314 e. The van der Waals surface area contributed by atoms with Crippen LogP contribution < -0.4 is 10.6 Å². The van der Waals surface area contributed by atoms with E-state index in [9.17, 15) is 9.90 Å². The summed E-state index contributed by atoms with van der Waals surface area (Å²) in [5.74, 6) is 0. The molecule has 1 aromatic rings. The number of amides is 2. The molecule has 0 aromatic carbocycles. The molecular weight excluding hydrogens is 312 g/mol. The van der Waals surface area contributed by atoms with Crippen LogP contribution in [0.1, 0.15) is 43.4 Å². The first-order chi connectivity index (χ1) is 11.2. The van der Waals surface area contributed by atoms with Gasteiger partial charge in [0.15, 0.2) is 0 Å². The van der Waals surface area contributed by atoms with Crippen LogP contribution in [0.3, 0.4) is 0 Å². The minimum Gasteiger partial charge on any atom is -0.391 e. The molecule has 23 heavy (non-hydrogen) atoms. The molecule has 2 amide bonds. The maximum absolute atomic E-state index is 12.0. The fraction of sp³-hybridized carbons (Fsp3) is 0.706. The van der Waals surface area contributed by atoms with E-state index in [1.807, 2.05) is 0 Å². The van der Waals surface area contributed by atoms with Crippen molar-refractivity contribution in [2.45, 2.75) is 50.0 Å². The fourth-order valence-corrected chi connectivity index (χ4v) is 4.25. The summed E-state index contributed by atoms with van der Waals surface area (Å²) in [6.45, 7) is 1.42. The average molecular weight is 340 g/mol. The van der Waals surface area contributed by atoms with E-state index in [1.165, 1.54) is 24.1 Å². The Kier molecular flexibility index (Phi) is 7.33. The molecule has 1 fully saturated rings. The highest BCUT2D eigenvalue weighted by atomic mass is 32.1. The second-order valence-corrected chi connectivity index (χ2v) is 7.27. The number of ether oxygens (including phenoxy) is 1. The van der Waals surface area contributed by atoms with Gasteiger partial charge in [-0.2, -0.15) is 0 Å². The monoisotopic (exact) mass is 340 g/mol. The van der Waals surface area contributed by atoms with E-state index < -0.39 is 6.10 Å². The van der Waals surface area contributed by atoms with E-state index >= 15 is 0 Å². The Labute approximate surface area is 142 Å². The van der Waals surface area contributed by atoms with Crippen LogP contribution in [-0.4, -0.2) is 44.0 Å². The highest BCUT2D eigenvalue weighted by Gasteiger charge is 2.35. The van der Waals surface area contributed by atoms with Gasteiger partial charge < -0.3 is 20.5 Å². The Balaban J connectivity index is 1.79. The van der Waals surface area contributed by atoms with Gasteiger partial charge in [-0.05, 0) is 30.7 Å². The van der Waals surface area contributed by atoms with Gasteiger partial charge in [-0.15, -0.1) is 11.3 Å². The molecule has 0 saturated heterocycles. The minimum atomic E-state index is -0.531. The molecular formula is C17H28N2O3S. The zero-order valence-electron chi connectivity index (χ0n) is 13.8. The third-order valence-corrected chi connectivity index (χ3v) is 5.68. The third-order valence-electron chi connectivity index (χ3n) is 4.56. The summed E-state index contributed by atoms with van der Waals surface area (Å²) in [5, 5.41) is 17.5. The van der Waals surface area contributed by atoms with Crippen LogP contribution in [0.25, 0.3) is 0 Å². The van der Waals surface area contributed by atoms with Crippen molar-refractivity contribution in [1.82, 2.24) is 10.6 Å². The summed E-state index contributed by atoms with van der Waals surface area (Å²) >= 11 is 1.79. The van der Waals surface area contributed by atoms with Gasteiger partial charge in [0.25, 0.3) is 0 Å². The molecule has 130 valence electrons. The normalized spacial score (nSPS) is 18.3. The topological polar surface area (TPSA) is 70.6 Å². The molecule has 0 bridgehead atoms. The first-order valence-electron chi connectivity index (χ1n) is 8.39. The smallest absolute Gasteiger partial charge is 0.314 e. The molecule has 3 N–H and O–H groups in total. The lowest BCUT2D eigenvalue weighted by Gasteiger charge is -2.36. The molecule has 2 rings (SSSR count). The standard InChI is InChI=1S/C17H28N2O3S/c1-22-12-14(20)7-10-18-16(21)19-13-17(8-3-2-4-9-17)15-6-5-11-23-15/h5-6,11,14,20H,2-4,7-10,12-13H2,1H3,(H2,18,19,21). The van der Waals surface area contributed by atoms with Gasteiger partial charge >= 0.3 is 6.03 Å². The van der Waals surface area contributed by atoms with Gasteiger partial charge in [0.1, 0.15) is 0 Å². The molecule has 1 saturated carbocycles. The summed E-state index contributed by atoms with van der Waals surface area (Å²) in [4.78, 5) is 13.4. The van der Waals surface area contributed by atoms with Crippen molar-refractivity contribution in [2.24, 2.45) is 0 Å². The number of thiophene rings is 1. The first kappa shape index (κ1) is 18.2. The van der Waals surface area contributed by atoms with Crippen molar-refractivity contribution < 1.29 is 14.6 Å². The molecule has 1 unspecified atom stereocenters. The second kappa shape index (κ2) is 9.25. The summed E-state index contributed by atoms with van der Waals surface area (Å²) in [6, 6.07) is 4.13. The SMILES string of the molecule is COCC(O)CCNC(=O)NCC1(c2cccs2)CCCCC1. The molecule has 0 spiro atoms. The summed E-state index contributed by atoms with van der Waals surface area (Å²) in [5.41, 5.74) is 0.0965. The molecule has 1 aliphatic rings. The molecule has 0 radical (unpaired) electrons. The zero-order valence-corrected chi connectivity index (χ0v) is 14.7. The Bertz CT molecular complexity index is 458. The lowest BCUT2D eigenvalue weighted by Crippen LogP contribution is -2.45. The predicted octanol–water partition coefficient (Wildman–Crippen LogP) is 2.65. The molecule has 0 aliphatic heterocycles. The number of rotatable bonds is 8. The maximum atomic E-state index is 12.0. The van der Waals surface area contributed by atoms with Crippen molar-refractivity contribution in [3.05, 3.63) is 22.4 Å². The Morgan fingerprint density at radius 3 is 2.83 bits per heavy atom. The number of methoxy groups -OCH3 is 1. The van der Waals surface area contributed by atoms with Gasteiger partial charge in [0, 0.05) is 30.5 Å². The quantitative estimate of drug-likeness (QED) is 0.681. The zero-order chi connectivity index (χ0) is 16.5.